The van der Waals surface area contributed by atoms with Crippen molar-refractivity contribution in [1.82, 2.24) is 4.90 Å². The van der Waals surface area contributed by atoms with Crippen molar-refractivity contribution in [2.45, 2.75) is 5.60 Å². The lowest BCUT2D eigenvalue weighted by atomic mass is 10.0. The van der Waals surface area contributed by atoms with Crippen LogP contribution in [-0.4, -0.2) is 55.3 Å². The molecule has 8 heteroatoms. The molecule has 3 aromatic carbocycles. The summed E-state index contributed by atoms with van der Waals surface area (Å²) in [6.45, 7) is 1.26. The molecular weight excluding hydrogens is 437 g/mol. The molecule has 2 aliphatic rings. The summed E-state index contributed by atoms with van der Waals surface area (Å²) in [6.07, 6.45) is -0.546. The third-order valence-corrected chi connectivity index (χ3v) is 5.96. The number of ether oxygens (including phenoxy) is 2. The summed E-state index contributed by atoms with van der Waals surface area (Å²) in [7, 11) is 0. The van der Waals surface area contributed by atoms with Crippen molar-refractivity contribution in [2.24, 2.45) is 0 Å². The van der Waals surface area contributed by atoms with E-state index in [1.54, 1.807) is 11.0 Å². The van der Waals surface area contributed by atoms with E-state index in [0.29, 0.717) is 30.1 Å². The van der Waals surface area contributed by atoms with Gasteiger partial charge >= 0.3 is 6.09 Å². The van der Waals surface area contributed by atoms with Crippen molar-refractivity contribution in [1.29, 1.82) is 0 Å². The van der Waals surface area contributed by atoms with Gasteiger partial charge in [-0.05, 0) is 48.5 Å². The van der Waals surface area contributed by atoms with E-state index < -0.39 is 11.7 Å². The number of anilines is 3. The molecular formula is C26H24FN3O4. The molecule has 2 aliphatic heterocycles. The number of carbonyl (C=O) groups is 2. The maximum absolute atomic E-state index is 13.6. The topological polar surface area (TPSA) is 71.1 Å². The van der Waals surface area contributed by atoms with Gasteiger partial charge in [0.05, 0.1) is 37.6 Å². The highest BCUT2D eigenvalue weighted by Gasteiger charge is 2.49. The van der Waals surface area contributed by atoms with Crippen LogP contribution in [0, 0.1) is 5.82 Å². The van der Waals surface area contributed by atoms with Crippen LogP contribution < -0.4 is 10.2 Å². The fraction of sp³-hybridized carbons (Fsp3) is 0.231. The minimum atomic E-state index is -1.01. The molecule has 1 N–H and O–H groups in total. The summed E-state index contributed by atoms with van der Waals surface area (Å²) in [5.41, 5.74) is 1.60. The van der Waals surface area contributed by atoms with Gasteiger partial charge in [0.1, 0.15) is 5.82 Å². The Bertz CT molecular complexity index is 1190. The zero-order valence-electron chi connectivity index (χ0n) is 18.4. The average Bonchev–Trinajstić information content (AvgIpc) is 3.03. The van der Waals surface area contributed by atoms with Crippen LogP contribution in [0.5, 0.6) is 0 Å². The molecule has 1 atom stereocenters. The number of halogens is 1. The van der Waals surface area contributed by atoms with E-state index in [0.717, 1.165) is 5.69 Å². The molecule has 0 radical (unpaired) electrons. The molecule has 0 bridgehead atoms. The molecule has 174 valence electrons. The van der Waals surface area contributed by atoms with E-state index in [9.17, 15) is 14.0 Å². The van der Waals surface area contributed by atoms with Crippen LogP contribution in [0.2, 0.25) is 0 Å². The van der Waals surface area contributed by atoms with Crippen LogP contribution in [-0.2, 0) is 9.47 Å². The minimum absolute atomic E-state index is 0.171. The number of amides is 2. The van der Waals surface area contributed by atoms with Crippen molar-refractivity contribution in [3.8, 4) is 0 Å². The van der Waals surface area contributed by atoms with Crippen molar-refractivity contribution in [2.75, 3.05) is 43.1 Å². The van der Waals surface area contributed by atoms with Gasteiger partial charge < -0.3 is 19.7 Å². The van der Waals surface area contributed by atoms with Gasteiger partial charge in [-0.3, -0.25) is 9.69 Å². The first-order chi connectivity index (χ1) is 16.5. The molecule has 3 aromatic rings. The molecule has 2 heterocycles. The van der Waals surface area contributed by atoms with Gasteiger partial charge in [0.2, 0.25) is 0 Å². The summed E-state index contributed by atoms with van der Waals surface area (Å²) >= 11 is 0. The Morgan fingerprint density at radius 1 is 0.941 bits per heavy atom. The van der Waals surface area contributed by atoms with Crippen LogP contribution >= 0.6 is 0 Å². The monoisotopic (exact) mass is 461 g/mol. The van der Waals surface area contributed by atoms with Crippen LogP contribution in [0.25, 0.3) is 0 Å². The minimum Gasteiger partial charge on any atom is -0.436 e. The van der Waals surface area contributed by atoms with E-state index in [2.05, 4.69) is 5.32 Å². The highest BCUT2D eigenvalue weighted by atomic mass is 19.1. The summed E-state index contributed by atoms with van der Waals surface area (Å²) in [5.74, 6) is -0.566. The zero-order valence-corrected chi connectivity index (χ0v) is 18.4. The number of nitrogens with one attached hydrogen (secondary N) is 1. The SMILES string of the molecule is O=C(c1ccccc1Nc1ccccc1)N1CCOC[C@@]2(C1)CN(c1ccc(F)cc1)C(=O)O2. The Morgan fingerprint density at radius 2 is 1.68 bits per heavy atom. The first-order valence-corrected chi connectivity index (χ1v) is 11.1. The Kier molecular flexibility index (Phi) is 5.90. The third-order valence-electron chi connectivity index (χ3n) is 5.96. The lowest BCUT2D eigenvalue weighted by Crippen LogP contribution is -2.49. The fourth-order valence-electron chi connectivity index (χ4n) is 4.31. The van der Waals surface area contributed by atoms with Gasteiger partial charge in [-0.2, -0.15) is 0 Å². The predicted molar refractivity (Wildman–Crippen MR) is 126 cm³/mol. The maximum atomic E-state index is 13.6. The highest BCUT2D eigenvalue weighted by Crippen LogP contribution is 2.32. The van der Waals surface area contributed by atoms with Gasteiger partial charge in [-0.25, -0.2) is 9.18 Å². The zero-order chi connectivity index (χ0) is 23.5. The van der Waals surface area contributed by atoms with E-state index in [-0.39, 0.29) is 31.4 Å². The smallest absolute Gasteiger partial charge is 0.415 e. The van der Waals surface area contributed by atoms with Gasteiger partial charge in [-0.15, -0.1) is 0 Å². The van der Waals surface area contributed by atoms with Crippen molar-refractivity contribution < 1.29 is 23.5 Å². The largest absolute Gasteiger partial charge is 0.436 e. The van der Waals surface area contributed by atoms with Crippen LogP contribution in [0.15, 0.2) is 78.9 Å². The Labute approximate surface area is 196 Å². The molecule has 34 heavy (non-hydrogen) atoms. The standard InChI is InChI=1S/C26H24FN3O4/c27-19-10-12-21(13-11-19)30-17-26(34-25(30)32)16-29(14-15-33-18-26)24(31)22-8-4-5-9-23(22)28-20-6-2-1-3-7-20/h1-13,28H,14-18H2/t26-/m1/s1. The van der Waals surface area contributed by atoms with Crippen LogP contribution in [0.4, 0.5) is 26.2 Å². The number of para-hydroxylation sites is 2. The highest BCUT2D eigenvalue weighted by molar-refractivity contribution is 6.00. The van der Waals surface area contributed by atoms with Crippen LogP contribution in [0.1, 0.15) is 10.4 Å². The first kappa shape index (κ1) is 21.9. The average molecular weight is 461 g/mol. The molecule has 7 nitrogen and oxygen atoms in total. The predicted octanol–water partition coefficient (Wildman–Crippen LogP) is 4.44. The van der Waals surface area contributed by atoms with E-state index in [1.165, 1.54) is 29.2 Å². The molecule has 0 unspecified atom stereocenters. The second kappa shape index (κ2) is 9.15. The fourth-order valence-corrected chi connectivity index (χ4v) is 4.31. The lowest BCUT2D eigenvalue weighted by Gasteiger charge is -2.30. The van der Waals surface area contributed by atoms with E-state index in [4.69, 9.17) is 9.47 Å². The molecule has 2 amide bonds. The van der Waals surface area contributed by atoms with E-state index in [1.807, 2.05) is 48.5 Å². The van der Waals surface area contributed by atoms with Gasteiger partial charge in [-0.1, -0.05) is 30.3 Å². The third kappa shape index (κ3) is 4.45. The number of benzene rings is 3. The molecule has 5 rings (SSSR count). The van der Waals surface area contributed by atoms with Crippen LogP contribution in [0.3, 0.4) is 0 Å². The number of hydrogen-bond acceptors (Lipinski definition) is 5. The van der Waals surface area contributed by atoms with Crippen molar-refractivity contribution >= 4 is 29.1 Å². The number of rotatable bonds is 4. The molecule has 0 aromatic heterocycles. The van der Waals surface area contributed by atoms with E-state index >= 15 is 0 Å². The molecule has 2 saturated heterocycles. The molecule has 2 fully saturated rings. The number of nitrogens with zero attached hydrogens (tertiary/aromatic N) is 2. The second-order valence-corrected chi connectivity index (χ2v) is 8.43. The van der Waals surface area contributed by atoms with Gasteiger partial charge in [0.15, 0.2) is 5.60 Å². The molecule has 1 spiro atoms. The first-order valence-electron chi connectivity index (χ1n) is 11.1. The number of carbonyl (C=O) groups excluding carboxylic acids is 2. The van der Waals surface area contributed by atoms with Gasteiger partial charge in [0.25, 0.3) is 5.91 Å². The molecule has 0 aliphatic carbocycles. The Hall–Kier alpha value is -3.91. The normalized spacial score (nSPS) is 20.2. The Balaban J connectivity index is 1.38. The van der Waals surface area contributed by atoms with Crippen molar-refractivity contribution in [3.05, 3.63) is 90.2 Å². The Morgan fingerprint density at radius 3 is 2.47 bits per heavy atom. The summed E-state index contributed by atoms with van der Waals surface area (Å²) in [4.78, 5) is 29.4. The quantitative estimate of drug-likeness (QED) is 0.622. The van der Waals surface area contributed by atoms with Gasteiger partial charge in [0, 0.05) is 17.9 Å². The lowest BCUT2D eigenvalue weighted by molar-refractivity contribution is -0.0140. The second-order valence-electron chi connectivity index (χ2n) is 8.43. The summed E-state index contributed by atoms with van der Waals surface area (Å²) in [6, 6.07) is 22.6. The number of hydrogen-bond donors (Lipinski definition) is 1. The molecule has 0 saturated carbocycles. The maximum Gasteiger partial charge on any atom is 0.415 e. The summed E-state index contributed by atoms with van der Waals surface area (Å²) < 4.78 is 24.9. The van der Waals surface area contributed by atoms with Crippen molar-refractivity contribution in [3.63, 3.8) is 0 Å². The summed E-state index contributed by atoms with van der Waals surface area (Å²) in [5, 5.41) is 3.31.